The van der Waals surface area contributed by atoms with E-state index in [0.29, 0.717) is 12.1 Å². The zero-order chi connectivity index (χ0) is 11.4. The van der Waals surface area contributed by atoms with Crippen LogP contribution in [0.15, 0.2) is 0 Å². The number of nitrogens with zero attached hydrogens (tertiary/aromatic N) is 1. The van der Waals surface area contributed by atoms with Gasteiger partial charge in [-0.3, -0.25) is 4.90 Å². The van der Waals surface area contributed by atoms with Gasteiger partial charge in [0.1, 0.15) is 0 Å². The maximum atomic E-state index is 5.88. The van der Waals surface area contributed by atoms with E-state index in [0.717, 1.165) is 25.6 Å². The Bertz CT molecular complexity index is 204. The smallest absolute Gasteiger partial charge is 0.0702 e. The van der Waals surface area contributed by atoms with Crippen molar-refractivity contribution in [1.82, 2.24) is 4.90 Å². The van der Waals surface area contributed by atoms with Gasteiger partial charge in [0.2, 0.25) is 0 Å². The molecule has 94 valence electrons. The van der Waals surface area contributed by atoms with Gasteiger partial charge in [0.25, 0.3) is 0 Å². The van der Waals surface area contributed by atoms with Gasteiger partial charge in [0.05, 0.1) is 6.10 Å². The summed E-state index contributed by atoms with van der Waals surface area (Å²) >= 11 is 0. The number of likely N-dealkylation sites (tertiary alicyclic amines) is 1. The fourth-order valence-electron chi connectivity index (χ4n) is 3.00. The van der Waals surface area contributed by atoms with Crippen LogP contribution in [0, 0.1) is 5.92 Å². The highest BCUT2D eigenvalue weighted by Gasteiger charge is 2.27. The summed E-state index contributed by atoms with van der Waals surface area (Å²) in [6.07, 6.45) is 6.88. The van der Waals surface area contributed by atoms with Gasteiger partial charge in [0.15, 0.2) is 0 Å². The van der Waals surface area contributed by atoms with Gasteiger partial charge >= 0.3 is 0 Å². The molecule has 2 aliphatic heterocycles. The molecule has 2 rings (SSSR count). The number of hydrogen-bond acceptors (Lipinski definition) is 3. The van der Waals surface area contributed by atoms with Crippen LogP contribution in [0.4, 0.5) is 0 Å². The highest BCUT2D eigenvalue weighted by atomic mass is 16.5. The largest absolute Gasteiger partial charge is 0.377 e. The van der Waals surface area contributed by atoms with Gasteiger partial charge in [-0.15, -0.1) is 0 Å². The minimum atomic E-state index is 0.469. The summed E-state index contributed by atoms with van der Waals surface area (Å²) in [6.45, 7) is 6.42. The quantitative estimate of drug-likeness (QED) is 0.794. The molecule has 3 nitrogen and oxygen atoms in total. The predicted molar refractivity (Wildman–Crippen MR) is 66.4 cm³/mol. The Hall–Kier alpha value is -0.120. The summed E-state index contributed by atoms with van der Waals surface area (Å²) in [5.74, 6) is 0.845. The average molecular weight is 226 g/mol. The molecule has 2 fully saturated rings. The Balaban J connectivity index is 1.82. The lowest BCUT2D eigenvalue weighted by Gasteiger charge is -2.40. The normalized spacial score (nSPS) is 37.5. The lowest BCUT2D eigenvalue weighted by atomic mass is 9.92. The molecule has 0 aromatic heterocycles. The first-order chi connectivity index (χ1) is 7.79. The zero-order valence-electron chi connectivity index (χ0n) is 10.5. The number of nitrogens with two attached hydrogens (primary N) is 1. The first kappa shape index (κ1) is 12.3. The molecule has 0 amide bonds. The van der Waals surface area contributed by atoms with E-state index in [-0.39, 0.29) is 0 Å². The molecule has 3 heteroatoms. The van der Waals surface area contributed by atoms with Crippen molar-refractivity contribution < 1.29 is 4.74 Å². The molecule has 0 bridgehead atoms. The molecule has 2 heterocycles. The van der Waals surface area contributed by atoms with Gasteiger partial charge < -0.3 is 10.5 Å². The predicted octanol–water partition coefficient (Wildman–Crippen LogP) is 1.61. The number of piperidine rings is 1. The summed E-state index contributed by atoms with van der Waals surface area (Å²) in [4.78, 5) is 2.57. The van der Waals surface area contributed by atoms with Crippen LogP contribution in [0.5, 0.6) is 0 Å². The molecule has 3 unspecified atom stereocenters. The van der Waals surface area contributed by atoms with Crippen LogP contribution in [0.1, 0.15) is 39.0 Å². The third-order valence-corrected chi connectivity index (χ3v) is 4.08. The summed E-state index contributed by atoms with van der Waals surface area (Å²) in [7, 11) is 0. The van der Waals surface area contributed by atoms with E-state index < -0.39 is 0 Å². The van der Waals surface area contributed by atoms with Crippen molar-refractivity contribution in [2.45, 2.75) is 51.2 Å². The standard InChI is InChI=1S/C13H26N2O/c1-11-5-6-15(12(8-11)9-14)10-13-4-2-3-7-16-13/h11-13H,2-10,14H2,1H3. The molecule has 2 N–H and O–H groups in total. The van der Waals surface area contributed by atoms with Crippen molar-refractivity contribution in [3.8, 4) is 0 Å². The van der Waals surface area contributed by atoms with E-state index in [9.17, 15) is 0 Å². The van der Waals surface area contributed by atoms with Crippen molar-refractivity contribution >= 4 is 0 Å². The number of rotatable bonds is 3. The van der Waals surface area contributed by atoms with Gasteiger partial charge in [-0.05, 0) is 44.6 Å². The first-order valence-electron chi connectivity index (χ1n) is 6.85. The van der Waals surface area contributed by atoms with Crippen molar-refractivity contribution in [1.29, 1.82) is 0 Å². The van der Waals surface area contributed by atoms with E-state index in [4.69, 9.17) is 10.5 Å². The van der Waals surface area contributed by atoms with E-state index in [1.165, 1.54) is 38.6 Å². The molecule has 0 radical (unpaired) electrons. The Morgan fingerprint density at radius 1 is 1.31 bits per heavy atom. The summed E-state index contributed by atoms with van der Waals surface area (Å²) < 4.78 is 5.82. The topological polar surface area (TPSA) is 38.5 Å². The zero-order valence-corrected chi connectivity index (χ0v) is 10.5. The van der Waals surface area contributed by atoms with Crippen molar-refractivity contribution in [3.05, 3.63) is 0 Å². The summed E-state index contributed by atoms with van der Waals surface area (Å²) in [6, 6.07) is 0.592. The molecule has 0 aromatic rings. The SMILES string of the molecule is CC1CCN(CC2CCCCO2)C(CN)C1. The van der Waals surface area contributed by atoms with Crippen LogP contribution in [-0.2, 0) is 4.74 Å². The molecular formula is C13H26N2O. The second-order valence-corrected chi connectivity index (χ2v) is 5.50. The molecule has 16 heavy (non-hydrogen) atoms. The lowest BCUT2D eigenvalue weighted by molar-refractivity contribution is -0.0220. The third-order valence-electron chi connectivity index (χ3n) is 4.08. The third kappa shape index (κ3) is 3.19. The minimum Gasteiger partial charge on any atom is -0.377 e. The van der Waals surface area contributed by atoms with Gasteiger partial charge in [-0.1, -0.05) is 6.92 Å². The van der Waals surface area contributed by atoms with Crippen molar-refractivity contribution in [2.75, 3.05) is 26.2 Å². The molecule has 3 atom stereocenters. The average Bonchev–Trinajstić information content (AvgIpc) is 2.33. The fourth-order valence-corrected chi connectivity index (χ4v) is 3.00. The van der Waals surface area contributed by atoms with Crippen LogP contribution in [-0.4, -0.2) is 43.3 Å². The second-order valence-electron chi connectivity index (χ2n) is 5.50. The Labute approximate surface area is 99.3 Å². The molecule has 0 saturated carbocycles. The van der Waals surface area contributed by atoms with Crippen molar-refractivity contribution in [3.63, 3.8) is 0 Å². The molecule has 0 spiro atoms. The Morgan fingerprint density at radius 3 is 2.88 bits per heavy atom. The van der Waals surface area contributed by atoms with E-state index in [1.54, 1.807) is 0 Å². The molecular weight excluding hydrogens is 200 g/mol. The van der Waals surface area contributed by atoms with Crippen LogP contribution in [0.2, 0.25) is 0 Å². The number of hydrogen-bond donors (Lipinski definition) is 1. The summed E-state index contributed by atoms with van der Waals surface area (Å²) in [5, 5.41) is 0. The molecule has 0 aromatic carbocycles. The minimum absolute atomic E-state index is 0.469. The van der Waals surface area contributed by atoms with Crippen LogP contribution in [0.25, 0.3) is 0 Å². The van der Waals surface area contributed by atoms with Crippen LogP contribution in [0.3, 0.4) is 0 Å². The van der Waals surface area contributed by atoms with E-state index >= 15 is 0 Å². The summed E-state index contributed by atoms with van der Waals surface area (Å²) in [5.41, 5.74) is 5.88. The lowest BCUT2D eigenvalue weighted by Crippen LogP contribution is -2.49. The molecule has 0 aliphatic carbocycles. The highest BCUT2D eigenvalue weighted by molar-refractivity contribution is 4.83. The molecule has 2 saturated heterocycles. The van der Waals surface area contributed by atoms with Crippen molar-refractivity contribution in [2.24, 2.45) is 11.7 Å². The van der Waals surface area contributed by atoms with Crippen LogP contribution < -0.4 is 5.73 Å². The maximum absolute atomic E-state index is 5.88. The fraction of sp³-hybridized carbons (Fsp3) is 1.00. The van der Waals surface area contributed by atoms with E-state index in [1.807, 2.05) is 0 Å². The maximum Gasteiger partial charge on any atom is 0.0702 e. The van der Waals surface area contributed by atoms with E-state index in [2.05, 4.69) is 11.8 Å². The molecule has 2 aliphatic rings. The Morgan fingerprint density at radius 2 is 2.19 bits per heavy atom. The van der Waals surface area contributed by atoms with Gasteiger partial charge in [-0.25, -0.2) is 0 Å². The van der Waals surface area contributed by atoms with Gasteiger partial charge in [0, 0.05) is 25.7 Å². The monoisotopic (exact) mass is 226 g/mol. The van der Waals surface area contributed by atoms with Gasteiger partial charge in [-0.2, -0.15) is 0 Å². The Kier molecular flexibility index (Phi) is 4.62. The highest BCUT2D eigenvalue weighted by Crippen LogP contribution is 2.23. The first-order valence-corrected chi connectivity index (χ1v) is 6.85. The van der Waals surface area contributed by atoms with Crippen LogP contribution >= 0.6 is 0 Å². The second kappa shape index (κ2) is 5.99. The number of ether oxygens (including phenoxy) is 1.